The number of rotatable bonds is 3. The number of hydrogen-bond donors (Lipinski definition) is 3. The van der Waals surface area contributed by atoms with Gasteiger partial charge in [-0.1, -0.05) is 6.92 Å². The van der Waals surface area contributed by atoms with Gasteiger partial charge in [-0.2, -0.15) is 0 Å². The predicted molar refractivity (Wildman–Crippen MR) is 67.5 cm³/mol. The van der Waals surface area contributed by atoms with E-state index in [4.69, 9.17) is 5.73 Å². The van der Waals surface area contributed by atoms with Crippen LogP contribution >= 0.6 is 0 Å². The second-order valence-electron chi connectivity index (χ2n) is 5.07. The average Bonchev–Trinajstić information content (AvgIpc) is 2.35. The summed E-state index contributed by atoms with van der Waals surface area (Å²) in [6, 6.07) is 0. The summed E-state index contributed by atoms with van der Waals surface area (Å²) < 4.78 is 0. The second-order valence-corrected chi connectivity index (χ2v) is 5.07. The molecule has 17 heavy (non-hydrogen) atoms. The van der Waals surface area contributed by atoms with E-state index in [9.17, 15) is 5.11 Å². The van der Waals surface area contributed by atoms with Crippen LogP contribution in [0.5, 0.6) is 0 Å². The number of aliphatic hydroxyl groups excluding tert-OH is 1. The zero-order valence-corrected chi connectivity index (χ0v) is 10.2. The molecule has 1 heterocycles. The third kappa shape index (κ3) is 2.85. The van der Waals surface area contributed by atoms with Gasteiger partial charge in [0.1, 0.15) is 11.6 Å². The Balaban J connectivity index is 2.06. The number of nitrogens with two attached hydrogens (primary N) is 1. The second kappa shape index (κ2) is 4.87. The molecule has 1 aromatic rings. The summed E-state index contributed by atoms with van der Waals surface area (Å²) in [4.78, 5) is 8.17. The number of nitrogens with zero attached hydrogens (tertiary/aromatic N) is 2. The number of hydrogen-bond acceptors (Lipinski definition) is 5. The average molecular weight is 236 g/mol. The Morgan fingerprint density at radius 2 is 2.12 bits per heavy atom. The van der Waals surface area contributed by atoms with E-state index in [-0.39, 0.29) is 12.1 Å². The van der Waals surface area contributed by atoms with Crippen molar-refractivity contribution in [2.45, 2.75) is 38.1 Å². The van der Waals surface area contributed by atoms with E-state index >= 15 is 0 Å². The van der Waals surface area contributed by atoms with Gasteiger partial charge in [0.05, 0.1) is 24.5 Å². The first-order valence-corrected chi connectivity index (χ1v) is 6.10. The van der Waals surface area contributed by atoms with Gasteiger partial charge in [0.2, 0.25) is 0 Å². The third-order valence-electron chi connectivity index (χ3n) is 3.60. The molecule has 2 rings (SSSR count). The molecule has 5 nitrogen and oxygen atoms in total. The van der Waals surface area contributed by atoms with Crippen molar-refractivity contribution >= 4 is 11.6 Å². The van der Waals surface area contributed by atoms with Crippen molar-refractivity contribution in [3.63, 3.8) is 0 Å². The first-order valence-electron chi connectivity index (χ1n) is 6.10. The highest BCUT2D eigenvalue weighted by Gasteiger charge is 2.33. The molecule has 0 radical (unpaired) electrons. The summed E-state index contributed by atoms with van der Waals surface area (Å²) in [5, 5.41) is 12.9. The molecule has 1 saturated carbocycles. The molecule has 5 heteroatoms. The quantitative estimate of drug-likeness (QED) is 0.739. The van der Waals surface area contributed by atoms with Crippen LogP contribution in [0.2, 0.25) is 0 Å². The fourth-order valence-corrected chi connectivity index (χ4v) is 2.31. The van der Waals surface area contributed by atoms with Crippen LogP contribution in [-0.2, 0) is 0 Å². The molecule has 1 fully saturated rings. The van der Waals surface area contributed by atoms with Crippen LogP contribution in [0.25, 0.3) is 0 Å². The zero-order valence-electron chi connectivity index (χ0n) is 10.2. The van der Waals surface area contributed by atoms with E-state index < -0.39 is 0 Å². The van der Waals surface area contributed by atoms with E-state index in [1.54, 1.807) is 6.20 Å². The fraction of sp³-hybridized carbons (Fsp3) is 0.667. The van der Waals surface area contributed by atoms with Crippen LogP contribution < -0.4 is 11.1 Å². The first-order chi connectivity index (χ1) is 8.13. The number of anilines is 2. The molecule has 0 amide bonds. The Bertz CT molecular complexity index is 357. The summed E-state index contributed by atoms with van der Waals surface area (Å²) in [7, 11) is 0. The Morgan fingerprint density at radius 1 is 1.41 bits per heavy atom. The summed E-state index contributed by atoms with van der Waals surface area (Å²) >= 11 is 0. The highest BCUT2D eigenvalue weighted by molar-refractivity contribution is 5.39. The summed E-state index contributed by atoms with van der Waals surface area (Å²) in [6.45, 7) is 2.39. The van der Waals surface area contributed by atoms with Gasteiger partial charge >= 0.3 is 0 Å². The van der Waals surface area contributed by atoms with Crippen LogP contribution in [0, 0.1) is 5.92 Å². The normalized spacial score (nSPS) is 28.9. The van der Waals surface area contributed by atoms with Gasteiger partial charge in [0, 0.05) is 0 Å². The fourth-order valence-electron chi connectivity index (χ4n) is 2.31. The van der Waals surface area contributed by atoms with Crippen LogP contribution in [-0.4, -0.2) is 27.2 Å². The molecule has 0 bridgehead atoms. The lowest BCUT2D eigenvalue weighted by Crippen LogP contribution is -2.45. The molecule has 1 aliphatic rings. The maximum Gasteiger partial charge on any atom is 0.145 e. The van der Waals surface area contributed by atoms with Crippen LogP contribution in [0.1, 0.15) is 32.6 Å². The van der Waals surface area contributed by atoms with Crippen molar-refractivity contribution < 1.29 is 5.11 Å². The number of nitrogen functional groups attached to an aromatic ring is 1. The van der Waals surface area contributed by atoms with Gasteiger partial charge in [-0.3, -0.25) is 0 Å². The zero-order chi connectivity index (χ0) is 12.3. The van der Waals surface area contributed by atoms with Gasteiger partial charge in [-0.05, 0) is 31.6 Å². The largest absolute Gasteiger partial charge is 0.394 e. The minimum Gasteiger partial charge on any atom is -0.394 e. The molecule has 0 aliphatic heterocycles. The maximum absolute atomic E-state index is 9.61. The van der Waals surface area contributed by atoms with Crippen molar-refractivity contribution in [2.75, 3.05) is 17.7 Å². The minimum absolute atomic E-state index is 0.131. The SMILES string of the molecule is CC1CCC(CO)(Nc2cnc(N)cn2)CC1. The van der Waals surface area contributed by atoms with Crippen LogP contribution in [0.3, 0.4) is 0 Å². The molecular formula is C12H20N4O. The molecule has 0 spiro atoms. The van der Waals surface area contributed by atoms with Crippen LogP contribution in [0.4, 0.5) is 11.6 Å². The monoisotopic (exact) mass is 236 g/mol. The van der Waals surface area contributed by atoms with E-state index in [2.05, 4.69) is 22.2 Å². The topological polar surface area (TPSA) is 84.1 Å². The smallest absolute Gasteiger partial charge is 0.145 e. The Hall–Kier alpha value is -1.36. The van der Waals surface area contributed by atoms with E-state index in [0.29, 0.717) is 11.6 Å². The van der Waals surface area contributed by atoms with Crippen molar-refractivity contribution in [2.24, 2.45) is 5.92 Å². The molecule has 0 aromatic carbocycles. The summed E-state index contributed by atoms with van der Waals surface area (Å²) in [5.41, 5.74) is 5.25. The molecule has 0 unspecified atom stereocenters. The van der Waals surface area contributed by atoms with Gasteiger partial charge in [-0.25, -0.2) is 9.97 Å². The lowest BCUT2D eigenvalue weighted by molar-refractivity contribution is 0.155. The summed E-state index contributed by atoms with van der Waals surface area (Å²) in [6.07, 6.45) is 7.35. The van der Waals surface area contributed by atoms with Crippen molar-refractivity contribution in [1.29, 1.82) is 0 Å². The van der Waals surface area contributed by atoms with E-state index in [1.165, 1.54) is 6.20 Å². The summed E-state index contributed by atoms with van der Waals surface area (Å²) in [5.74, 6) is 1.84. The lowest BCUT2D eigenvalue weighted by atomic mass is 9.77. The lowest BCUT2D eigenvalue weighted by Gasteiger charge is -2.39. The van der Waals surface area contributed by atoms with Crippen molar-refractivity contribution in [1.82, 2.24) is 9.97 Å². The van der Waals surface area contributed by atoms with E-state index in [1.807, 2.05) is 0 Å². The standard InChI is InChI=1S/C12H20N4O/c1-9-2-4-12(8-17,5-3-9)16-11-7-14-10(13)6-15-11/h6-7,9,17H,2-5,8H2,1H3,(H2,13,14)(H,15,16). The van der Waals surface area contributed by atoms with Crippen molar-refractivity contribution in [3.05, 3.63) is 12.4 Å². The van der Waals surface area contributed by atoms with Crippen LogP contribution in [0.15, 0.2) is 12.4 Å². The number of aromatic nitrogens is 2. The molecular weight excluding hydrogens is 216 g/mol. The Morgan fingerprint density at radius 3 is 2.65 bits per heavy atom. The predicted octanol–water partition coefficient (Wildman–Crippen LogP) is 1.41. The molecule has 4 N–H and O–H groups in total. The van der Waals surface area contributed by atoms with E-state index in [0.717, 1.165) is 31.6 Å². The molecule has 0 saturated heterocycles. The van der Waals surface area contributed by atoms with Gasteiger partial charge in [0.25, 0.3) is 0 Å². The van der Waals surface area contributed by atoms with Gasteiger partial charge in [-0.15, -0.1) is 0 Å². The van der Waals surface area contributed by atoms with Gasteiger partial charge < -0.3 is 16.2 Å². The molecule has 1 aliphatic carbocycles. The number of nitrogens with one attached hydrogen (secondary N) is 1. The Labute approximate surface area is 101 Å². The van der Waals surface area contributed by atoms with Gasteiger partial charge in [0.15, 0.2) is 0 Å². The maximum atomic E-state index is 9.61. The minimum atomic E-state index is -0.239. The molecule has 94 valence electrons. The third-order valence-corrected chi connectivity index (χ3v) is 3.60. The molecule has 1 aromatic heterocycles. The highest BCUT2D eigenvalue weighted by Crippen LogP contribution is 2.33. The van der Waals surface area contributed by atoms with Crippen molar-refractivity contribution in [3.8, 4) is 0 Å². The number of aliphatic hydroxyl groups is 1. The Kier molecular flexibility index (Phi) is 3.47. The first kappa shape index (κ1) is 12.1. The molecule has 0 atom stereocenters. The highest BCUT2D eigenvalue weighted by atomic mass is 16.3.